The average Bonchev–Trinajstić information content (AvgIpc) is 3.22. The van der Waals surface area contributed by atoms with E-state index in [2.05, 4.69) is 44.6 Å². The van der Waals surface area contributed by atoms with Crippen molar-refractivity contribution in [3.05, 3.63) is 64.2 Å². The third-order valence-electron chi connectivity index (χ3n) is 3.80. The summed E-state index contributed by atoms with van der Waals surface area (Å²) in [5, 5.41) is 10.1. The van der Waals surface area contributed by atoms with Crippen molar-refractivity contribution in [3.8, 4) is 0 Å². The number of anilines is 2. The lowest BCUT2D eigenvalue weighted by Crippen LogP contribution is -2.14. The number of hydrogen-bond donors (Lipinski definition) is 1. The highest BCUT2D eigenvalue weighted by Crippen LogP contribution is 2.15. The van der Waals surface area contributed by atoms with Gasteiger partial charge in [0.25, 0.3) is 0 Å². The van der Waals surface area contributed by atoms with Gasteiger partial charge in [-0.3, -0.25) is 4.79 Å². The monoisotopic (exact) mass is 367 g/mol. The number of benzene rings is 1. The lowest BCUT2D eigenvalue weighted by atomic mass is 10.2. The molecule has 0 spiro atoms. The van der Waals surface area contributed by atoms with Crippen LogP contribution in [0.15, 0.2) is 48.0 Å². The number of aromatic nitrogens is 3. The second kappa shape index (κ2) is 7.97. The zero-order valence-electron chi connectivity index (χ0n) is 15.0. The summed E-state index contributed by atoms with van der Waals surface area (Å²) in [7, 11) is 4.02. The fourth-order valence-electron chi connectivity index (χ4n) is 2.42. The van der Waals surface area contributed by atoms with Crippen LogP contribution in [0.3, 0.4) is 0 Å². The molecule has 7 heteroatoms. The SMILES string of the molecule is Cc1nc(C=CC(=O)Nc2ccnn2Cc2ccc(N(C)C)cc2)cs1. The summed E-state index contributed by atoms with van der Waals surface area (Å²) < 4.78 is 1.77. The van der Waals surface area contributed by atoms with Gasteiger partial charge in [0.15, 0.2) is 0 Å². The summed E-state index contributed by atoms with van der Waals surface area (Å²) in [5.74, 6) is 0.450. The zero-order valence-corrected chi connectivity index (χ0v) is 15.8. The molecular formula is C19H21N5OS. The molecule has 1 aromatic carbocycles. The van der Waals surface area contributed by atoms with E-state index in [4.69, 9.17) is 0 Å². The summed E-state index contributed by atoms with van der Waals surface area (Å²) in [5.41, 5.74) is 3.05. The highest BCUT2D eigenvalue weighted by molar-refractivity contribution is 7.09. The molecular weight excluding hydrogens is 346 g/mol. The molecule has 0 saturated carbocycles. The Morgan fingerprint density at radius 2 is 2.04 bits per heavy atom. The number of thiazole rings is 1. The van der Waals surface area contributed by atoms with Crippen molar-refractivity contribution in [1.82, 2.24) is 14.8 Å². The predicted molar refractivity (Wildman–Crippen MR) is 107 cm³/mol. The average molecular weight is 367 g/mol. The van der Waals surface area contributed by atoms with Gasteiger partial charge in [0.2, 0.25) is 5.91 Å². The van der Waals surface area contributed by atoms with Crippen molar-refractivity contribution >= 4 is 34.8 Å². The van der Waals surface area contributed by atoms with Crippen LogP contribution < -0.4 is 10.2 Å². The quantitative estimate of drug-likeness (QED) is 0.678. The smallest absolute Gasteiger partial charge is 0.249 e. The van der Waals surface area contributed by atoms with Crippen molar-refractivity contribution in [2.75, 3.05) is 24.3 Å². The molecule has 0 radical (unpaired) electrons. The van der Waals surface area contributed by atoms with E-state index in [0.29, 0.717) is 12.4 Å². The topological polar surface area (TPSA) is 63.1 Å². The van der Waals surface area contributed by atoms with Gasteiger partial charge in [0.05, 0.1) is 23.4 Å². The molecule has 0 aliphatic heterocycles. The Kier molecular flexibility index (Phi) is 5.48. The second-order valence-electron chi connectivity index (χ2n) is 6.05. The molecule has 1 N–H and O–H groups in total. The number of nitrogens with zero attached hydrogens (tertiary/aromatic N) is 4. The van der Waals surface area contributed by atoms with Crippen LogP contribution >= 0.6 is 11.3 Å². The first-order valence-electron chi connectivity index (χ1n) is 8.20. The van der Waals surface area contributed by atoms with Crippen LogP contribution in [0.25, 0.3) is 6.08 Å². The number of carbonyl (C=O) groups is 1. The Hall–Kier alpha value is -2.93. The van der Waals surface area contributed by atoms with Crippen LogP contribution in [0.2, 0.25) is 0 Å². The minimum Gasteiger partial charge on any atom is -0.378 e. The zero-order chi connectivity index (χ0) is 18.5. The molecule has 0 saturated heterocycles. The minimum absolute atomic E-state index is 0.208. The third-order valence-corrected chi connectivity index (χ3v) is 4.59. The van der Waals surface area contributed by atoms with E-state index < -0.39 is 0 Å². The molecule has 2 heterocycles. The molecule has 1 amide bonds. The van der Waals surface area contributed by atoms with Crippen LogP contribution in [-0.2, 0) is 11.3 Å². The summed E-state index contributed by atoms with van der Waals surface area (Å²) in [6.07, 6.45) is 4.87. The maximum absolute atomic E-state index is 12.1. The first-order valence-corrected chi connectivity index (χ1v) is 9.08. The van der Waals surface area contributed by atoms with E-state index in [1.165, 1.54) is 6.08 Å². The van der Waals surface area contributed by atoms with E-state index in [1.54, 1.807) is 34.4 Å². The summed E-state index contributed by atoms with van der Waals surface area (Å²) in [4.78, 5) is 18.5. The maximum atomic E-state index is 12.1. The van der Waals surface area contributed by atoms with Crippen molar-refractivity contribution in [1.29, 1.82) is 0 Å². The Bertz CT molecular complexity index is 908. The summed E-state index contributed by atoms with van der Waals surface area (Å²) >= 11 is 1.56. The normalized spacial score (nSPS) is 11.0. The van der Waals surface area contributed by atoms with Crippen LogP contribution in [-0.4, -0.2) is 34.8 Å². The van der Waals surface area contributed by atoms with Crippen molar-refractivity contribution in [2.45, 2.75) is 13.5 Å². The van der Waals surface area contributed by atoms with E-state index in [1.807, 2.05) is 26.4 Å². The van der Waals surface area contributed by atoms with Gasteiger partial charge in [-0.2, -0.15) is 5.10 Å². The molecule has 134 valence electrons. The fraction of sp³-hybridized carbons (Fsp3) is 0.211. The molecule has 3 aromatic rings. The number of nitrogens with one attached hydrogen (secondary N) is 1. The molecule has 2 aromatic heterocycles. The number of hydrogen-bond acceptors (Lipinski definition) is 5. The molecule has 0 aliphatic carbocycles. The molecule has 0 aliphatic rings. The number of rotatable bonds is 6. The number of amides is 1. The van der Waals surface area contributed by atoms with Crippen LogP contribution in [0.4, 0.5) is 11.5 Å². The summed E-state index contributed by atoms with van der Waals surface area (Å²) in [6, 6.07) is 10.0. The summed E-state index contributed by atoms with van der Waals surface area (Å²) in [6.45, 7) is 2.52. The number of carbonyl (C=O) groups excluding carboxylic acids is 1. The van der Waals surface area contributed by atoms with Crippen LogP contribution in [0.1, 0.15) is 16.3 Å². The van der Waals surface area contributed by atoms with E-state index >= 15 is 0 Å². The number of aryl methyl sites for hydroxylation is 1. The second-order valence-corrected chi connectivity index (χ2v) is 7.11. The third kappa shape index (κ3) is 4.58. The van der Waals surface area contributed by atoms with Crippen LogP contribution in [0, 0.1) is 6.92 Å². The Morgan fingerprint density at radius 3 is 2.69 bits per heavy atom. The first-order chi connectivity index (χ1) is 12.5. The molecule has 0 bridgehead atoms. The molecule has 3 rings (SSSR count). The first kappa shape index (κ1) is 17.9. The standard InChI is InChI=1S/C19H21N5OS/c1-14-21-16(13-26-14)6-9-19(25)22-18-10-11-20-24(18)12-15-4-7-17(8-5-15)23(2)3/h4-11,13H,12H2,1-3H3,(H,22,25). The molecule has 0 fully saturated rings. The Labute approximate surface area is 156 Å². The molecule has 6 nitrogen and oxygen atoms in total. The highest BCUT2D eigenvalue weighted by atomic mass is 32.1. The predicted octanol–water partition coefficient (Wildman–Crippen LogP) is 3.41. The van der Waals surface area contributed by atoms with Gasteiger partial charge in [0, 0.05) is 37.3 Å². The Morgan fingerprint density at radius 1 is 1.27 bits per heavy atom. The van der Waals surface area contributed by atoms with Gasteiger partial charge in [-0.25, -0.2) is 9.67 Å². The largest absolute Gasteiger partial charge is 0.378 e. The van der Waals surface area contributed by atoms with E-state index in [9.17, 15) is 4.79 Å². The van der Waals surface area contributed by atoms with Gasteiger partial charge in [0.1, 0.15) is 5.82 Å². The lowest BCUT2D eigenvalue weighted by Gasteiger charge is -2.13. The maximum Gasteiger partial charge on any atom is 0.249 e. The molecule has 0 atom stereocenters. The minimum atomic E-state index is -0.208. The van der Waals surface area contributed by atoms with Crippen molar-refractivity contribution < 1.29 is 4.79 Å². The van der Waals surface area contributed by atoms with Gasteiger partial charge in [-0.15, -0.1) is 11.3 Å². The van der Waals surface area contributed by atoms with Gasteiger partial charge >= 0.3 is 0 Å². The lowest BCUT2D eigenvalue weighted by molar-refractivity contribution is -0.111. The highest BCUT2D eigenvalue weighted by Gasteiger charge is 2.06. The van der Waals surface area contributed by atoms with Crippen LogP contribution in [0.5, 0.6) is 0 Å². The Balaban J connectivity index is 1.64. The molecule has 26 heavy (non-hydrogen) atoms. The van der Waals surface area contributed by atoms with Gasteiger partial charge in [-0.1, -0.05) is 12.1 Å². The van der Waals surface area contributed by atoms with Gasteiger partial charge in [-0.05, 0) is 30.7 Å². The molecule has 0 unspecified atom stereocenters. The van der Waals surface area contributed by atoms with Gasteiger partial charge < -0.3 is 10.2 Å². The van der Waals surface area contributed by atoms with E-state index in [-0.39, 0.29) is 5.91 Å². The van der Waals surface area contributed by atoms with E-state index in [0.717, 1.165) is 22.0 Å². The van der Waals surface area contributed by atoms with Crippen molar-refractivity contribution in [2.24, 2.45) is 0 Å². The van der Waals surface area contributed by atoms with Crippen molar-refractivity contribution in [3.63, 3.8) is 0 Å². The fourth-order valence-corrected chi connectivity index (χ4v) is 3.00.